The number of nitrogens with zero attached hydrogens (tertiary/aromatic N) is 4. The van der Waals surface area contributed by atoms with E-state index in [-0.39, 0.29) is 0 Å². The molecular weight excluding hydrogens is 368 g/mol. The second-order valence-corrected chi connectivity index (χ2v) is 6.91. The average Bonchev–Trinajstić information content (AvgIpc) is 2.83. The zero-order valence-electron chi connectivity index (χ0n) is 16.6. The van der Waals surface area contributed by atoms with Crippen LogP contribution in [0.25, 0.3) is 0 Å². The molecule has 146 valence electrons. The number of pyridine rings is 2. The SMILES string of the molecule is C(=Nc1ccc(CCc2ccc(N=Cc3ccncc3)cc2)cc1)c1ccncc1. The lowest BCUT2D eigenvalue weighted by molar-refractivity contribution is 0.960. The van der Waals surface area contributed by atoms with Crippen LogP contribution < -0.4 is 0 Å². The number of benzene rings is 2. The van der Waals surface area contributed by atoms with Gasteiger partial charge in [0.2, 0.25) is 0 Å². The lowest BCUT2D eigenvalue weighted by Crippen LogP contribution is -1.90. The molecular formula is C26H22N4. The van der Waals surface area contributed by atoms with E-state index in [2.05, 4.69) is 68.5 Å². The van der Waals surface area contributed by atoms with Crippen molar-refractivity contribution in [2.45, 2.75) is 12.8 Å². The van der Waals surface area contributed by atoms with Gasteiger partial charge in [0.25, 0.3) is 0 Å². The largest absolute Gasteiger partial charge is 0.265 e. The Bertz CT molecular complexity index is 1010. The highest BCUT2D eigenvalue weighted by Gasteiger charge is 1.98. The fraction of sp³-hybridized carbons (Fsp3) is 0.0769. The van der Waals surface area contributed by atoms with Crippen molar-refractivity contribution < 1.29 is 0 Å². The predicted molar refractivity (Wildman–Crippen MR) is 123 cm³/mol. The Morgan fingerprint density at radius 2 is 0.867 bits per heavy atom. The van der Waals surface area contributed by atoms with Gasteiger partial charge in [-0.15, -0.1) is 0 Å². The molecule has 0 aliphatic heterocycles. The van der Waals surface area contributed by atoms with Crippen LogP contribution in [0.3, 0.4) is 0 Å². The zero-order valence-corrected chi connectivity index (χ0v) is 16.6. The summed E-state index contributed by atoms with van der Waals surface area (Å²) in [6, 6.07) is 24.6. The van der Waals surface area contributed by atoms with Gasteiger partial charge in [0.05, 0.1) is 11.4 Å². The van der Waals surface area contributed by atoms with Crippen LogP contribution in [0.5, 0.6) is 0 Å². The Labute approximate surface area is 176 Å². The Kier molecular flexibility index (Phi) is 6.48. The molecule has 2 aromatic heterocycles. The van der Waals surface area contributed by atoms with Crippen molar-refractivity contribution in [3.8, 4) is 0 Å². The molecule has 0 aliphatic carbocycles. The third-order valence-corrected chi connectivity index (χ3v) is 4.71. The standard InChI is InChI=1S/C26H22N4/c1(21-3-7-25(8-4-21)29-19-23-11-15-27-16-12-23)2-22-5-9-26(10-6-22)30-20-24-13-17-28-18-14-24/h3-20H,1-2H2. The highest BCUT2D eigenvalue weighted by Crippen LogP contribution is 2.17. The van der Waals surface area contributed by atoms with E-state index in [0.717, 1.165) is 35.3 Å². The van der Waals surface area contributed by atoms with E-state index in [9.17, 15) is 0 Å². The normalized spacial score (nSPS) is 11.3. The fourth-order valence-electron chi connectivity index (χ4n) is 2.98. The van der Waals surface area contributed by atoms with Crippen LogP contribution in [-0.4, -0.2) is 22.4 Å². The number of aromatic nitrogens is 2. The summed E-state index contributed by atoms with van der Waals surface area (Å²) in [4.78, 5) is 17.1. The van der Waals surface area contributed by atoms with Gasteiger partial charge in [-0.05, 0) is 83.6 Å². The van der Waals surface area contributed by atoms with Gasteiger partial charge in [0.1, 0.15) is 0 Å². The highest BCUT2D eigenvalue weighted by atomic mass is 14.7. The summed E-state index contributed by atoms with van der Waals surface area (Å²) in [6.07, 6.45) is 12.8. The summed E-state index contributed by atoms with van der Waals surface area (Å²) < 4.78 is 0. The van der Waals surface area contributed by atoms with Gasteiger partial charge in [-0.25, -0.2) is 0 Å². The van der Waals surface area contributed by atoms with Crippen molar-refractivity contribution >= 4 is 23.8 Å². The maximum absolute atomic E-state index is 4.52. The van der Waals surface area contributed by atoms with Crippen molar-refractivity contribution in [1.29, 1.82) is 0 Å². The maximum Gasteiger partial charge on any atom is 0.0630 e. The lowest BCUT2D eigenvalue weighted by atomic mass is 10.0. The lowest BCUT2D eigenvalue weighted by Gasteiger charge is -2.04. The number of aryl methyl sites for hydroxylation is 2. The number of aliphatic imine (C=N–C) groups is 2. The molecule has 2 heterocycles. The van der Waals surface area contributed by atoms with Gasteiger partial charge in [-0.1, -0.05) is 24.3 Å². The predicted octanol–water partition coefficient (Wildman–Crippen LogP) is 5.76. The molecule has 0 atom stereocenters. The van der Waals surface area contributed by atoms with Gasteiger partial charge in [0.15, 0.2) is 0 Å². The Morgan fingerprint density at radius 1 is 0.500 bits per heavy atom. The van der Waals surface area contributed by atoms with E-state index in [1.165, 1.54) is 11.1 Å². The van der Waals surface area contributed by atoms with Gasteiger partial charge < -0.3 is 0 Å². The molecule has 0 N–H and O–H groups in total. The molecule has 0 saturated heterocycles. The molecule has 4 nitrogen and oxygen atoms in total. The van der Waals surface area contributed by atoms with Gasteiger partial charge in [-0.2, -0.15) is 0 Å². The second kappa shape index (κ2) is 10.0. The summed E-state index contributed by atoms with van der Waals surface area (Å²) in [5.74, 6) is 0. The molecule has 4 heteroatoms. The summed E-state index contributed by atoms with van der Waals surface area (Å²) in [6.45, 7) is 0. The first-order chi connectivity index (χ1) is 14.8. The quantitative estimate of drug-likeness (QED) is 0.377. The van der Waals surface area contributed by atoms with Crippen molar-refractivity contribution in [1.82, 2.24) is 9.97 Å². The van der Waals surface area contributed by atoms with Crippen molar-refractivity contribution in [2.75, 3.05) is 0 Å². The minimum absolute atomic E-state index is 0.951. The fourth-order valence-corrected chi connectivity index (χ4v) is 2.98. The third kappa shape index (κ3) is 5.79. The molecule has 0 bridgehead atoms. The Hall–Kier alpha value is -3.92. The molecule has 0 unspecified atom stereocenters. The van der Waals surface area contributed by atoms with Crippen LogP contribution in [0.2, 0.25) is 0 Å². The maximum atomic E-state index is 4.52. The van der Waals surface area contributed by atoms with Gasteiger partial charge in [0, 0.05) is 37.2 Å². The van der Waals surface area contributed by atoms with E-state index >= 15 is 0 Å². The second-order valence-electron chi connectivity index (χ2n) is 6.91. The van der Waals surface area contributed by atoms with E-state index in [1.807, 2.05) is 36.7 Å². The van der Waals surface area contributed by atoms with Gasteiger partial charge >= 0.3 is 0 Å². The van der Waals surface area contributed by atoms with Crippen molar-refractivity contribution in [3.05, 3.63) is 120 Å². The molecule has 0 aliphatic rings. The minimum Gasteiger partial charge on any atom is -0.265 e. The molecule has 30 heavy (non-hydrogen) atoms. The number of hydrogen-bond donors (Lipinski definition) is 0. The molecule has 2 aromatic carbocycles. The molecule has 0 radical (unpaired) electrons. The topological polar surface area (TPSA) is 50.5 Å². The zero-order chi connectivity index (χ0) is 20.4. The Balaban J connectivity index is 1.30. The Morgan fingerprint density at radius 3 is 1.23 bits per heavy atom. The van der Waals surface area contributed by atoms with Gasteiger partial charge in [-0.3, -0.25) is 20.0 Å². The summed E-state index contributed by atoms with van der Waals surface area (Å²) >= 11 is 0. The first kappa shape index (κ1) is 19.4. The molecule has 4 aromatic rings. The average molecular weight is 390 g/mol. The highest BCUT2D eigenvalue weighted by molar-refractivity contribution is 5.82. The summed E-state index contributed by atoms with van der Waals surface area (Å²) in [7, 11) is 0. The summed E-state index contributed by atoms with van der Waals surface area (Å²) in [5.41, 5.74) is 6.60. The molecule has 0 saturated carbocycles. The molecule has 0 fully saturated rings. The van der Waals surface area contributed by atoms with Crippen LogP contribution >= 0.6 is 0 Å². The van der Waals surface area contributed by atoms with Crippen molar-refractivity contribution in [2.24, 2.45) is 9.98 Å². The smallest absolute Gasteiger partial charge is 0.0630 e. The first-order valence-corrected chi connectivity index (χ1v) is 9.91. The van der Waals surface area contributed by atoms with Crippen LogP contribution in [0.1, 0.15) is 22.3 Å². The van der Waals surface area contributed by atoms with Crippen LogP contribution in [0, 0.1) is 0 Å². The van der Waals surface area contributed by atoms with Crippen LogP contribution in [0.15, 0.2) is 108 Å². The molecule has 0 amide bonds. The van der Waals surface area contributed by atoms with E-state index in [0.29, 0.717) is 0 Å². The minimum atomic E-state index is 0.951. The first-order valence-electron chi connectivity index (χ1n) is 9.91. The summed E-state index contributed by atoms with van der Waals surface area (Å²) in [5, 5.41) is 0. The van der Waals surface area contributed by atoms with Crippen LogP contribution in [-0.2, 0) is 12.8 Å². The van der Waals surface area contributed by atoms with Crippen molar-refractivity contribution in [3.63, 3.8) is 0 Å². The number of rotatable bonds is 7. The number of hydrogen-bond acceptors (Lipinski definition) is 4. The van der Waals surface area contributed by atoms with E-state index < -0.39 is 0 Å². The van der Waals surface area contributed by atoms with Crippen LogP contribution in [0.4, 0.5) is 11.4 Å². The molecule has 0 spiro atoms. The monoisotopic (exact) mass is 390 g/mol. The third-order valence-electron chi connectivity index (χ3n) is 4.71. The van der Waals surface area contributed by atoms with E-state index in [4.69, 9.17) is 0 Å². The molecule has 4 rings (SSSR count). The van der Waals surface area contributed by atoms with E-state index in [1.54, 1.807) is 24.8 Å².